The molecule has 0 radical (unpaired) electrons. The predicted molar refractivity (Wildman–Crippen MR) is 122 cm³/mol. The number of nitrogens with one attached hydrogen (secondary N) is 1. The van der Waals surface area contributed by atoms with Crippen LogP contribution in [-0.4, -0.2) is 45.4 Å². The van der Waals surface area contributed by atoms with Gasteiger partial charge >= 0.3 is 5.97 Å². The maximum Gasteiger partial charge on any atom is 0.303 e. The Bertz CT molecular complexity index is 742. The standard InChI is InChI=1S/C26H43NO5/c1-14(5-8-23(31)32)18-6-7-19-24-20(13-22(30)26(18,19)4)25(3)10-9-17(27-15(2)28)11-16(25)12-21(24)29/h14,16-22,24,29-30H,5-13H2,1-4H3,(H,27,28)(H,31,32)/t14-,16?,17+,18-,19?,20?,21-,22+,24?,25+,26-/m1/s1. The molecular weight excluding hydrogens is 406 g/mol. The van der Waals surface area contributed by atoms with E-state index in [1.165, 1.54) is 0 Å². The Morgan fingerprint density at radius 1 is 1.06 bits per heavy atom. The van der Waals surface area contributed by atoms with Crippen molar-refractivity contribution in [2.24, 2.45) is 46.3 Å². The summed E-state index contributed by atoms with van der Waals surface area (Å²) >= 11 is 0. The third-order valence-corrected chi connectivity index (χ3v) is 10.8. The maximum absolute atomic E-state index is 11.6. The minimum Gasteiger partial charge on any atom is -0.481 e. The highest BCUT2D eigenvalue weighted by Gasteiger charge is 2.65. The van der Waals surface area contributed by atoms with Crippen LogP contribution in [0, 0.1) is 46.3 Å². The Balaban J connectivity index is 1.56. The molecule has 0 aromatic rings. The number of amides is 1. The molecule has 6 nitrogen and oxygen atoms in total. The second-order valence-electron chi connectivity index (χ2n) is 12.2. The minimum absolute atomic E-state index is 0.0192. The summed E-state index contributed by atoms with van der Waals surface area (Å²) in [6.45, 7) is 8.33. The fraction of sp³-hybridized carbons (Fsp3) is 0.923. The summed E-state index contributed by atoms with van der Waals surface area (Å²) < 4.78 is 0. The lowest BCUT2D eigenvalue weighted by Gasteiger charge is -2.63. The van der Waals surface area contributed by atoms with Gasteiger partial charge in [0.1, 0.15) is 0 Å². The van der Waals surface area contributed by atoms with Crippen molar-refractivity contribution in [2.45, 2.75) is 104 Å². The van der Waals surface area contributed by atoms with Crippen LogP contribution in [0.4, 0.5) is 0 Å². The number of carboxylic acids is 1. The molecule has 4 fully saturated rings. The van der Waals surface area contributed by atoms with Crippen LogP contribution in [-0.2, 0) is 9.59 Å². The molecule has 6 heteroatoms. The number of fused-ring (bicyclic) bond motifs is 5. The molecule has 0 aromatic heterocycles. The van der Waals surface area contributed by atoms with Gasteiger partial charge in [-0.25, -0.2) is 0 Å². The Kier molecular flexibility index (Phi) is 6.43. The fourth-order valence-corrected chi connectivity index (χ4v) is 9.13. The molecule has 4 rings (SSSR count). The van der Waals surface area contributed by atoms with Crippen LogP contribution in [0.3, 0.4) is 0 Å². The Morgan fingerprint density at radius 2 is 1.78 bits per heavy atom. The first-order valence-corrected chi connectivity index (χ1v) is 12.8. The molecule has 0 aromatic carbocycles. The lowest BCUT2D eigenvalue weighted by atomic mass is 9.43. The van der Waals surface area contributed by atoms with E-state index in [-0.39, 0.29) is 53.1 Å². The first-order chi connectivity index (χ1) is 15.0. The highest BCUT2D eigenvalue weighted by molar-refractivity contribution is 5.73. The number of rotatable bonds is 5. The molecule has 0 aliphatic heterocycles. The van der Waals surface area contributed by atoms with Crippen LogP contribution in [0.5, 0.6) is 0 Å². The average molecular weight is 450 g/mol. The van der Waals surface area contributed by atoms with E-state index in [4.69, 9.17) is 5.11 Å². The number of carboxylic acid groups (broad SMARTS) is 1. The molecule has 0 heterocycles. The number of aliphatic hydroxyl groups excluding tert-OH is 2. The fourth-order valence-electron chi connectivity index (χ4n) is 9.13. The molecular formula is C26H43NO5. The molecule has 4 N–H and O–H groups in total. The van der Waals surface area contributed by atoms with Crippen molar-refractivity contribution >= 4 is 11.9 Å². The van der Waals surface area contributed by atoms with E-state index in [0.29, 0.717) is 24.2 Å². The molecule has 4 aliphatic carbocycles. The first-order valence-electron chi connectivity index (χ1n) is 12.8. The van der Waals surface area contributed by atoms with Crippen molar-refractivity contribution < 1.29 is 24.9 Å². The molecule has 1 amide bonds. The van der Waals surface area contributed by atoms with Crippen molar-refractivity contribution in [3.63, 3.8) is 0 Å². The summed E-state index contributed by atoms with van der Waals surface area (Å²) in [4.78, 5) is 22.7. The second-order valence-corrected chi connectivity index (χ2v) is 12.2. The van der Waals surface area contributed by atoms with Gasteiger partial charge in [-0.3, -0.25) is 9.59 Å². The van der Waals surface area contributed by atoms with Crippen LogP contribution >= 0.6 is 0 Å². The maximum atomic E-state index is 11.6. The summed E-state index contributed by atoms with van der Waals surface area (Å²) in [6.07, 6.45) is 6.53. The molecule has 0 bridgehead atoms. The Morgan fingerprint density at radius 3 is 2.44 bits per heavy atom. The average Bonchev–Trinajstić information content (AvgIpc) is 3.06. The lowest BCUT2D eigenvalue weighted by molar-refractivity contribution is -0.202. The molecule has 11 atom stereocenters. The van der Waals surface area contributed by atoms with E-state index in [1.54, 1.807) is 6.92 Å². The normalized spacial score (nSPS) is 48.8. The monoisotopic (exact) mass is 449 g/mol. The van der Waals surface area contributed by atoms with Crippen molar-refractivity contribution in [2.75, 3.05) is 0 Å². The van der Waals surface area contributed by atoms with Crippen molar-refractivity contribution in [1.82, 2.24) is 5.32 Å². The van der Waals surface area contributed by atoms with Gasteiger partial charge in [0.05, 0.1) is 12.2 Å². The lowest BCUT2D eigenvalue weighted by Crippen LogP contribution is -2.63. The van der Waals surface area contributed by atoms with Crippen LogP contribution in [0.15, 0.2) is 0 Å². The van der Waals surface area contributed by atoms with Crippen molar-refractivity contribution in [1.29, 1.82) is 0 Å². The number of hydrogen-bond acceptors (Lipinski definition) is 4. The number of aliphatic carboxylic acids is 1. The van der Waals surface area contributed by atoms with E-state index < -0.39 is 12.1 Å². The molecule has 4 aliphatic rings. The second kappa shape index (κ2) is 8.57. The third-order valence-electron chi connectivity index (χ3n) is 10.8. The van der Waals surface area contributed by atoms with Gasteiger partial charge in [0.15, 0.2) is 0 Å². The van der Waals surface area contributed by atoms with Gasteiger partial charge in [-0.15, -0.1) is 0 Å². The summed E-state index contributed by atoms with van der Waals surface area (Å²) in [7, 11) is 0. The highest BCUT2D eigenvalue weighted by atomic mass is 16.4. The zero-order valence-corrected chi connectivity index (χ0v) is 20.2. The highest BCUT2D eigenvalue weighted by Crippen LogP contribution is 2.68. The summed E-state index contributed by atoms with van der Waals surface area (Å²) in [5.41, 5.74) is -0.162. The largest absolute Gasteiger partial charge is 0.481 e. The van der Waals surface area contributed by atoms with Crippen LogP contribution < -0.4 is 5.32 Å². The minimum atomic E-state index is -0.752. The number of carbonyl (C=O) groups is 2. The van der Waals surface area contributed by atoms with E-state index in [0.717, 1.165) is 44.9 Å². The van der Waals surface area contributed by atoms with Crippen molar-refractivity contribution in [3.8, 4) is 0 Å². The number of carbonyl (C=O) groups excluding carboxylic acids is 1. The van der Waals surface area contributed by atoms with Gasteiger partial charge < -0.3 is 20.6 Å². The Hall–Kier alpha value is -1.14. The molecule has 182 valence electrons. The van der Waals surface area contributed by atoms with E-state index in [2.05, 4.69) is 26.1 Å². The van der Waals surface area contributed by atoms with Gasteiger partial charge in [-0.1, -0.05) is 20.8 Å². The first kappa shape index (κ1) is 24.0. The van der Waals surface area contributed by atoms with E-state index >= 15 is 0 Å². The summed E-state index contributed by atoms with van der Waals surface area (Å²) in [6, 6.07) is 0.194. The van der Waals surface area contributed by atoms with E-state index in [1.807, 2.05) is 0 Å². The zero-order chi connectivity index (χ0) is 23.4. The summed E-state index contributed by atoms with van der Waals surface area (Å²) in [5.74, 6) is 0.986. The molecule has 0 saturated heterocycles. The Labute approximate surface area is 192 Å². The van der Waals surface area contributed by atoms with Gasteiger partial charge in [-0.05, 0) is 97.7 Å². The number of aliphatic hydroxyl groups is 2. The quantitative estimate of drug-likeness (QED) is 0.513. The van der Waals surface area contributed by atoms with Gasteiger partial charge in [0, 0.05) is 19.4 Å². The third kappa shape index (κ3) is 3.79. The van der Waals surface area contributed by atoms with E-state index in [9.17, 15) is 19.8 Å². The smallest absolute Gasteiger partial charge is 0.303 e. The van der Waals surface area contributed by atoms with Crippen LogP contribution in [0.25, 0.3) is 0 Å². The van der Waals surface area contributed by atoms with Crippen LogP contribution in [0.1, 0.15) is 85.5 Å². The van der Waals surface area contributed by atoms with Gasteiger partial charge in [0.25, 0.3) is 0 Å². The topological polar surface area (TPSA) is 107 Å². The number of hydrogen-bond donors (Lipinski definition) is 4. The van der Waals surface area contributed by atoms with Crippen molar-refractivity contribution in [3.05, 3.63) is 0 Å². The molecule has 32 heavy (non-hydrogen) atoms. The summed E-state index contributed by atoms with van der Waals surface area (Å²) in [5, 5.41) is 35.2. The van der Waals surface area contributed by atoms with Gasteiger partial charge in [-0.2, -0.15) is 0 Å². The SMILES string of the molecule is CC(=O)N[C@H]1CC[C@@]2(C)C(C1)C[C@@H](O)C1C2C[C@H](O)[C@@]2(C)C1CC[C@@H]2[C@H](C)CCC(=O)O. The predicted octanol–water partition coefficient (Wildman–Crippen LogP) is 3.59. The zero-order valence-electron chi connectivity index (χ0n) is 20.2. The molecule has 0 spiro atoms. The van der Waals surface area contributed by atoms with Crippen LogP contribution in [0.2, 0.25) is 0 Å². The molecule has 4 saturated carbocycles. The molecule has 4 unspecified atom stereocenters. The van der Waals surface area contributed by atoms with Gasteiger partial charge in [0.2, 0.25) is 5.91 Å².